The molecule has 7 aromatic carbocycles. The molecule has 258 valence electrons. The van der Waals surface area contributed by atoms with Crippen LogP contribution in [-0.4, -0.2) is 9.13 Å². The van der Waals surface area contributed by atoms with Crippen molar-refractivity contribution in [3.63, 3.8) is 0 Å². The van der Waals surface area contributed by atoms with Crippen LogP contribution in [0.15, 0.2) is 193 Å². The highest BCUT2D eigenvalue weighted by atomic mass is 15.3. The lowest BCUT2D eigenvalue weighted by atomic mass is 9.97. The molecule has 2 N–H and O–H groups in total. The first-order valence-electron chi connectivity index (χ1n) is 19.0. The zero-order chi connectivity index (χ0) is 35.6. The standard InChI is InChI=1S/C50H38N4/c1-4-14-33(15-5-1)37-24-27-40-42-31-36(35-25-28-46-41(30-35)39-20-10-13-23-45(39)53(46)38-18-8-3-9-19-38)26-29-47(42)54(48(40)32-37)50-49(34-16-6-2-7-17-34)51-43-21-11-12-22-44(43)52-50/h1-11,13-21,23-32,49-52H,12,22H2. The van der Waals surface area contributed by atoms with E-state index in [1.54, 1.807) is 0 Å². The molecular formula is C50H38N4. The molecule has 1 aliphatic heterocycles. The smallest absolute Gasteiger partial charge is 0.128 e. The molecule has 4 nitrogen and oxygen atoms in total. The third-order valence-electron chi connectivity index (χ3n) is 11.5. The van der Waals surface area contributed by atoms with Crippen LogP contribution in [0.1, 0.15) is 30.6 Å². The first-order chi connectivity index (χ1) is 26.8. The maximum Gasteiger partial charge on any atom is 0.128 e. The number of fused-ring (bicyclic) bond motifs is 6. The van der Waals surface area contributed by atoms with Crippen LogP contribution in [0.4, 0.5) is 0 Å². The van der Waals surface area contributed by atoms with E-state index in [1.165, 1.54) is 88.5 Å². The van der Waals surface area contributed by atoms with Gasteiger partial charge in [-0.3, -0.25) is 0 Å². The van der Waals surface area contributed by atoms with E-state index in [-0.39, 0.29) is 12.2 Å². The van der Waals surface area contributed by atoms with Gasteiger partial charge in [0.05, 0.1) is 33.8 Å². The number of rotatable bonds is 5. The summed E-state index contributed by atoms with van der Waals surface area (Å²) < 4.78 is 4.94. The molecule has 0 bridgehead atoms. The first kappa shape index (κ1) is 30.8. The Morgan fingerprint density at radius 3 is 1.87 bits per heavy atom. The fourth-order valence-corrected chi connectivity index (χ4v) is 8.94. The highest BCUT2D eigenvalue weighted by Gasteiger charge is 2.33. The predicted molar refractivity (Wildman–Crippen MR) is 225 cm³/mol. The number of aromatic nitrogens is 2. The number of para-hydroxylation sites is 2. The van der Waals surface area contributed by atoms with Gasteiger partial charge >= 0.3 is 0 Å². The van der Waals surface area contributed by atoms with E-state index in [1.807, 2.05) is 0 Å². The topological polar surface area (TPSA) is 33.9 Å². The van der Waals surface area contributed by atoms with E-state index >= 15 is 0 Å². The molecule has 4 heteroatoms. The fourth-order valence-electron chi connectivity index (χ4n) is 8.94. The van der Waals surface area contributed by atoms with Crippen molar-refractivity contribution in [3.05, 3.63) is 199 Å². The Labute approximate surface area is 314 Å². The molecule has 0 spiro atoms. The Hall–Kier alpha value is -6.78. The molecule has 2 unspecified atom stereocenters. The number of hydrogen-bond donors (Lipinski definition) is 2. The van der Waals surface area contributed by atoms with Crippen LogP contribution < -0.4 is 10.6 Å². The molecule has 0 radical (unpaired) electrons. The van der Waals surface area contributed by atoms with Gasteiger partial charge in [-0.2, -0.15) is 0 Å². The molecule has 0 saturated heterocycles. The van der Waals surface area contributed by atoms with Crippen LogP contribution in [0.3, 0.4) is 0 Å². The summed E-state index contributed by atoms with van der Waals surface area (Å²) in [6, 6.07) is 62.1. The third-order valence-corrected chi connectivity index (χ3v) is 11.5. The second-order valence-corrected chi connectivity index (χ2v) is 14.6. The highest BCUT2D eigenvalue weighted by molar-refractivity contribution is 6.12. The molecule has 54 heavy (non-hydrogen) atoms. The first-order valence-corrected chi connectivity index (χ1v) is 19.0. The summed E-state index contributed by atoms with van der Waals surface area (Å²) >= 11 is 0. The van der Waals surface area contributed by atoms with Gasteiger partial charge in [0, 0.05) is 32.9 Å². The van der Waals surface area contributed by atoms with Crippen LogP contribution in [-0.2, 0) is 0 Å². The Morgan fingerprint density at radius 2 is 1.07 bits per heavy atom. The lowest BCUT2D eigenvalue weighted by molar-refractivity contribution is 0.319. The summed E-state index contributed by atoms with van der Waals surface area (Å²) in [7, 11) is 0. The molecule has 3 heterocycles. The second kappa shape index (κ2) is 12.4. The number of hydrogen-bond acceptors (Lipinski definition) is 2. The van der Waals surface area contributed by atoms with Crippen molar-refractivity contribution in [2.24, 2.45) is 0 Å². The lowest BCUT2D eigenvalue weighted by Gasteiger charge is -2.40. The Morgan fingerprint density at radius 1 is 0.463 bits per heavy atom. The molecule has 0 amide bonds. The predicted octanol–water partition coefficient (Wildman–Crippen LogP) is 12.2. The summed E-state index contributed by atoms with van der Waals surface area (Å²) in [5.74, 6) is 0. The average Bonchev–Trinajstić information content (AvgIpc) is 3.76. The van der Waals surface area contributed by atoms with Crippen molar-refractivity contribution in [2.75, 3.05) is 0 Å². The monoisotopic (exact) mass is 694 g/mol. The number of benzene rings is 7. The van der Waals surface area contributed by atoms with Gasteiger partial charge in [-0.25, -0.2) is 0 Å². The molecule has 0 fully saturated rings. The largest absolute Gasteiger partial charge is 0.373 e. The quantitative estimate of drug-likeness (QED) is 0.188. The van der Waals surface area contributed by atoms with Crippen LogP contribution in [0, 0.1) is 0 Å². The molecule has 0 saturated carbocycles. The maximum atomic E-state index is 4.08. The van der Waals surface area contributed by atoms with Crippen molar-refractivity contribution >= 4 is 43.6 Å². The zero-order valence-corrected chi connectivity index (χ0v) is 29.8. The van der Waals surface area contributed by atoms with E-state index < -0.39 is 0 Å². The second-order valence-electron chi connectivity index (χ2n) is 14.6. The number of allylic oxidation sites excluding steroid dienone is 3. The van der Waals surface area contributed by atoms with Gasteiger partial charge in [-0.15, -0.1) is 0 Å². The number of nitrogens with one attached hydrogen (secondary N) is 2. The summed E-state index contributed by atoms with van der Waals surface area (Å²) in [6.45, 7) is 0. The van der Waals surface area contributed by atoms with Crippen molar-refractivity contribution < 1.29 is 0 Å². The van der Waals surface area contributed by atoms with Gasteiger partial charge in [-0.05, 0) is 95.3 Å². The molecule has 1 aliphatic carbocycles. The number of nitrogens with zero attached hydrogens (tertiary/aromatic N) is 2. The van der Waals surface area contributed by atoms with Crippen LogP contribution >= 0.6 is 0 Å². The SMILES string of the molecule is C1=CC2=C(CC1)NC(n1c3ccc(-c4ccc5c(c4)c4ccccc4n5-c4ccccc4)cc3c3ccc(-c4ccccc4)cc31)C(c1ccccc1)N2. The van der Waals surface area contributed by atoms with Crippen LogP contribution in [0.25, 0.3) is 71.6 Å². The minimum Gasteiger partial charge on any atom is -0.373 e. The highest BCUT2D eigenvalue weighted by Crippen LogP contribution is 2.42. The van der Waals surface area contributed by atoms with Crippen molar-refractivity contribution in [3.8, 4) is 27.9 Å². The van der Waals surface area contributed by atoms with E-state index in [0.29, 0.717) is 0 Å². The van der Waals surface area contributed by atoms with Gasteiger partial charge in [0.2, 0.25) is 0 Å². The van der Waals surface area contributed by atoms with E-state index in [2.05, 4.69) is 202 Å². The minimum absolute atomic E-state index is 0.0240. The summed E-state index contributed by atoms with van der Waals surface area (Å²) in [4.78, 5) is 0. The summed E-state index contributed by atoms with van der Waals surface area (Å²) in [6.07, 6.45) is 6.52. The third kappa shape index (κ3) is 4.91. The fraction of sp³-hybridized carbons (Fsp3) is 0.0800. The lowest BCUT2D eigenvalue weighted by Crippen LogP contribution is -2.44. The van der Waals surface area contributed by atoms with E-state index in [9.17, 15) is 0 Å². The van der Waals surface area contributed by atoms with Crippen molar-refractivity contribution in [2.45, 2.75) is 25.0 Å². The van der Waals surface area contributed by atoms with Gasteiger partial charge in [0.15, 0.2) is 0 Å². The Balaban J connectivity index is 1.12. The molecular weight excluding hydrogens is 657 g/mol. The van der Waals surface area contributed by atoms with E-state index in [0.717, 1.165) is 12.8 Å². The molecule has 9 aromatic rings. The molecule has 2 aromatic heterocycles. The van der Waals surface area contributed by atoms with Crippen molar-refractivity contribution in [1.29, 1.82) is 0 Å². The van der Waals surface area contributed by atoms with Crippen LogP contribution in [0.2, 0.25) is 0 Å². The van der Waals surface area contributed by atoms with Gasteiger partial charge in [-0.1, -0.05) is 127 Å². The average molecular weight is 695 g/mol. The Bertz CT molecular complexity index is 2930. The van der Waals surface area contributed by atoms with E-state index in [4.69, 9.17) is 0 Å². The molecule has 2 aliphatic rings. The van der Waals surface area contributed by atoms with Crippen molar-refractivity contribution in [1.82, 2.24) is 19.8 Å². The molecule has 11 rings (SSSR count). The summed E-state index contributed by atoms with van der Waals surface area (Å²) in [5, 5.41) is 13.1. The summed E-state index contributed by atoms with van der Waals surface area (Å²) in [5.41, 5.74) is 14.6. The maximum absolute atomic E-state index is 4.08. The Kier molecular flexibility index (Phi) is 7.09. The molecule has 2 atom stereocenters. The van der Waals surface area contributed by atoms with Gasteiger partial charge in [0.1, 0.15) is 6.17 Å². The zero-order valence-electron chi connectivity index (χ0n) is 29.8. The van der Waals surface area contributed by atoms with Crippen LogP contribution in [0.5, 0.6) is 0 Å². The normalized spacial score (nSPS) is 16.9. The van der Waals surface area contributed by atoms with Gasteiger partial charge < -0.3 is 19.8 Å². The van der Waals surface area contributed by atoms with Gasteiger partial charge in [0.25, 0.3) is 0 Å². The minimum atomic E-state index is -0.0463.